The molecule has 46 valence electrons. The molecule has 0 aliphatic carbocycles. The Balaban J connectivity index is 0. The average Bonchev–Trinajstić information content (AvgIpc) is 1.69. The average molecular weight is 114 g/mol. The van der Waals surface area contributed by atoms with Crippen LogP contribution < -0.4 is 0 Å². The van der Waals surface area contributed by atoms with Crippen molar-refractivity contribution in [2.45, 2.75) is 13.3 Å². The highest BCUT2D eigenvalue weighted by atomic mass is 19.6. The van der Waals surface area contributed by atoms with E-state index in [-0.39, 0.29) is 0 Å². The number of aliphatic hydroxyl groups is 1. The lowest BCUT2D eigenvalue weighted by atomic mass is 10.5. The van der Waals surface area contributed by atoms with E-state index in [1.807, 2.05) is 6.92 Å². The first-order valence-corrected chi connectivity index (χ1v) is 1.83. The Labute approximate surface area is 40.5 Å². The second-order valence-corrected chi connectivity index (χ2v) is 0.782. The van der Waals surface area contributed by atoms with Crippen LogP contribution >= 0.6 is 0 Å². The molecule has 0 heterocycles. The molecule has 0 saturated carbocycles. The van der Waals surface area contributed by atoms with E-state index in [2.05, 4.69) is 0 Å². The maximum atomic E-state index is 9.12. The number of rotatable bonds is 1. The van der Waals surface area contributed by atoms with E-state index in [9.17, 15) is 0 Å². The van der Waals surface area contributed by atoms with E-state index in [0.717, 1.165) is 6.42 Å². The van der Waals surface area contributed by atoms with Gasteiger partial charge in [0.05, 0.1) is 0 Å². The smallest absolute Gasteiger partial charge is 0.0428 e. The molecule has 0 unspecified atom stereocenters. The second-order valence-electron chi connectivity index (χ2n) is 0.782. The van der Waals surface area contributed by atoms with Crippen molar-refractivity contribution in [3.8, 4) is 0 Å². The van der Waals surface area contributed by atoms with Crippen LogP contribution in [-0.2, 0) is 5.15 Å². The van der Waals surface area contributed by atoms with E-state index in [1.54, 1.807) is 0 Å². The molecule has 0 fully saturated rings. The monoisotopic (exact) mass is 114 g/mol. The van der Waals surface area contributed by atoms with E-state index in [1.165, 1.54) is 5.15 Å². The highest BCUT2D eigenvalue weighted by molar-refractivity contribution is 4.10. The Kier molecular flexibility index (Phi) is 24.2. The van der Waals surface area contributed by atoms with E-state index >= 15 is 0 Å². The van der Waals surface area contributed by atoms with Gasteiger partial charge in [-0.1, -0.05) is 6.92 Å². The standard InChI is InChI=1S/C3H8O.F2O/c1-2-3-4;1-3-2/h4H,2-3H2,1H3;. The molecule has 0 rings (SSSR count). The fraction of sp³-hybridized carbons (Fsp3) is 1.00. The molecule has 0 aliphatic rings. The molecule has 0 aromatic carbocycles. The molecule has 0 amide bonds. The lowest BCUT2D eigenvalue weighted by Gasteiger charge is -1.69. The number of hydrogen-bond donors (Lipinski definition) is 1. The van der Waals surface area contributed by atoms with Gasteiger partial charge in [-0.2, -0.15) is 0 Å². The fourth-order valence-corrected chi connectivity index (χ4v) is 0. The van der Waals surface area contributed by atoms with Gasteiger partial charge in [0.2, 0.25) is 0 Å². The molecule has 0 spiro atoms. The third kappa shape index (κ3) is 136. The minimum absolute atomic E-state index is 0.319. The summed E-state index contributed by atoms with van der Waals surface area (Å²) in [6.07, 6.45) is 0.875. The van der Waals surface area contributed by atoms with Crippen LogP contribution in [0.4, 0.5) is 9.05 Å². The molecule has 7 heavy (non-hydrogen) atoms. The molecule has 0 aromatic rings. The zero-order valence-electron chi connectivity index (χ0n) is 4.03. The summed E-state index contributed by atoms with van der Waals surface area (Å²) in [7, 11) is 0. The summed E-state index contributed by atoms with van der Waals surface area (Å²) in [6.45, 7) is 2.25. The Morgan fingerprint density at radius 3 is 1.71 bits per heavy atom. The van der Waals surface area contributed by atoms with Crippen molar-refractivity contribution in [3.05, 3.63) is 0 Å². The normalized spacial score (nSPS) is 6.86. The molecule has 0 bridgehead atoms. The molecule has 2 nitrogen and oxygen atoms in total. The van der Waals surface area contributed by atoms with Crippen LogP contribution in [-0.4, -0.2) is 11.7 Å². The van der Waals surface area contributed by atoms with Gasteiger partial charge >= 0.3 is 0 Å². The Hall–Kier alpha value is -0.220. The first-order chi connectivity index (χ1) is 3.33. The van der Waals surface area contributed by atoms with E-state index in [0.29, 0.717) is 6.61 Å². The van der Waals surface area contributed by atoms with Crippen LogP contribution in [0.1, 0.15) is 13.3 Å². The van der Waals surface area contributed by atoms with Crippen LogP contribution in [0.3, 0.4) is 0 Å². The van der Waals surface area contributed by atoms with Crippen LogP contribution in [0, 0.1) is 0 Å². The Morgan fingerprint density at radius 1 is 1.57 bits per heavy atom. The maximum absolute atomic E-state index is 9.12. The predicted molar refractivity (Wildman–Crippen MR) is 20.7 cm³/mol. The molecule has 4 heteroatoms. The van der Waals surface area contributed by atoms with Gasteiger partial charge in [0.25, 0.3) is 0 Å². The van der Waals surface area contributed by atoms with Crippen LogP contribution in [0.25, 0.3) is 0 Å². The Bertz CT molecular complexity index is 18.4. The van der Waals surface area contributed by atoms with Gasteiger partial charge in [-0.15, -0.1) is 0 Å². The number of hydrogen-bond acceptors (Lipinski definition) is 2. The highest BCUT2D eigenvalue weighted by Gasteiger charge is 1.57. The first kappa shape index (κ1) is 9.91. The van der Waals surface area contributed by atoms with Crippen molar-refractivity contribution in [2.24, 2.45) is 0 Å². The van der Waals surface area contributed by atoms with Crippen LogP contribution in [0.5, 0.6) is 0 Å². The van der Waals surface area contributed by atoms with Crippen LogP contribution in [0.2, 0.25) is 0 Å². The molecular weight excluding hydrogens is 106 g/mol. The van der Waals surface area contributed by atoms with Gasteiger partial charge in [-0.25, -0.2) is 0 Å². The number of halogens is 2. The van der Waals surface area contributed by atoms with Crippen molar-refractivity contribution in [2.75, 3.05) is 6.61 Å². The largest absolute Gasteiger partial charge is 0.396 e. The van der Waals surface area contributed by atoms with E-state index < -0.39 is 0 Å². The summed E-state index contributed by atoms with van der Waals surface area (Å²) < 4.78 is 18.2. The summed E-state index contributed by atoms with van der Waals surface area (Å²) in [5.41, 5.74) is 0. The van der Waals surface area contributed by atoms with Gasteiger partial charge in [-0.3, -0.25) is 0 Å². The van der Waals surface area contributed by atoms with Crippen molar-refractivity contribution in [3.63, 3.8) is 0 Å². The van der Waals surface area contributed by atoms with Gasteiger partial charge in [0, 0.05) is 11.8 Å². The van der Waals surface area contributed by atoms with Gasteiger partial charge in [-0.05, 0) is 15.5 Å². The van der Waals surface area contributed by atoms with Crippen molar-refractivity contribution < 1.29 is 19.3 Å². The fourth-order valence-electron chi connectivity index (χ4n) is 0. The molecule has 0 aromatic heterocycles. The second kappa shape index (κ2) is 17.1. The summed E-state index contributed by atoms with van der Waals surface area (Å²) in [5, 5.41) is 9.12. The summed E-state index contributed by atoms with van der Waals surface area (Å²) >= 11 is 0. The predicted octanol–water partition coefficient (Wildman–Crippen LogP) is 1.16. The molecule has 0 radical (unpaired) electrons. The van der Waals surface area contributed by atoms with Crippen molar-refractivity contribution in [1.82, 2.24) is 0 Å². The quantitative estimate of drug-likeness (QED) is 0.554. The summed E-state index contributed by atoms with van der Waals surface area (Å²) in [6, 6.07) is 0. The van der Waals surface area contributed by atoms with Crippen LogP contribution in [0.15, 0.2) is 0 Å². The van der Waals surface area contributed by atoms with Crippen molar-refractivity contribution in [1.29, 1.82) is 0 Å². The Morgan fingerprint density at radius 2 is 1.71 bits per heavy atom. The van der Waals surface area contributed by atoms with Gasteiger partial charge in [0.1, 0.15) is 0 Å². The zero-order chi connectivity index (χ0) is 6.12. The minimum atomic E-state index is 0.319. The topological polar surface area (TPSA) is 29.5 Å². The van der Waals surface area contributed by atoms with E-state index in [4.69, 9.17) is 14.2 Å². The van der Waals surface area contributed by atoms with Crippen molar-refractivity contribution >= 4 is 0 Å². The van der Waals surface area contributed by atoms with Gasteiger partial charge in [0.15, 0.2) is 0 Å². The maximum Gasteiger partial charge on any atom is 0.0428 e. The molecule has 1 N–H and O–H groups in total. The number of aliphatic hydroxyl groups excluding tert-OH is 1. The zero-order valence-corrected chi connectivity index (χ0v) is 4.03. The van der Waals surface area contributed by atoms with Gasteiger partial charge < -0.3 is 5.11 Å². The lowest BCUT2D eigenvalue weighted by molar-refractivity contribution is -0.317. The SMILES string of the molecule is CCCO.FOF. The molecule has 0 saturated heterocycles. The molecular formula is C3H8F2O2. The summed E-state index contributed by atoms with van der Waals surface area (Å²) in [4.78, 5) is 0. The third-order valence-corrected chi connectivity index (χ3v) is 0.224. The summed E-state index contributed by atoms with van der Waals surface area (Å²) in [5.74, 6) is 0. The molecule has 0 aliphatic heterocycles. The lowest BCUT2D eigenvalue weighted by Crippen LogP contribution is -1.69. The minimum Gasteiger partial charge on any atom is -0.396 e. The first-order valence-electron chi connectivity index (χ1n) is 1.83. The highest BCUT2D eigenvalue weighted by Crippen LogP contribution is 1.61. The third-order valence-electron chi connectivity index (χ3n) is 0.224. The molecule has 0 atom stereocenters.